The summed E-state index contributed by atoms with van der Waals surface area (Å²) in [6.45, 7) is 1.70. The summed E-state index contributed by atoms with van der Waals surface area (Å²) in [7, 11) is 0. The maximum absolute atomic E-state index is 8.61. The van der Waals surface area contributed by atoms with Gasteiger partial charge in [0.15, 0.2) is 0 Å². The molecule has 0 unspecified atom stereocenters. The summed E-state index contributed by atoms with van der Waals surface area (Å²) in [4.78, 5) is 7.28. The van der Waals surface area contributed by atoms with Gasteiger partial charge in [-0.05, 0) is 6.92 Å². The highest BCUT2D eigenvalue weighted by Gasteiger charge is 1.86. The lowest BCUT2D eigenvalue weighted by molar-refractivity contribution is 0.449. The lowest BCUT2D eigenvalue weighted by atomic mass is 10.6. The summed E-state index contributed by atoms with van der Waals surface area (Å²) in [6, 6.07) is 2.41. The van der Waals surface area contributed by atoms with Crippen LogP contribution in [0, 0.1) is 13.0 Å². The van der Waals surface area contributed by atoms with Crippen LogP contribution in [-0.4, -0.2) is 15.1 Å². The number of rotatable bonds is 0. The molecule has 1 heterocycles. The monoisotopic (exact) mass is 109 g/mol. The van der Waals surface area contributed by atoms with E-state index >= 15 is 0 Å². The van der Waals surface area contributed by atoms with Gasteiger partial charge in [-0.1, -0.05) is 0 Å². The first-order chi connectivity index (χ1) is 3.79. The second kappa shape index (κ2) is 1.78. The first-order valence-corrected chi connectivity index (χ1v) is 2.19. The van der Waals surface area contributed by atoms with Crippen LogP contribution in [0.4, 0.5) is 0 Å². The number of aromatic hydroxyl groups is 1. The van der Waals surface area contributed by atoms with E-state index in [1.807, 2.05) is 0 Å². The first kappa shape index (κ1) is 5.03. The van der Waals surface area contributed by atoms with Gasteiger partial charge in [0.2, 0.25) is 5.88 Å². The summed E-state index contributed by atoms with van der Waals surface area (Å²) in [5.41, 5.74) is 0. The van der Waals surface area contributed by atoms with Crippen molar-refractivity contribution >= 4 is 0 Å². The third kappa shape index (κ3) is 0.932. The number of hydrogen-bond donors (Lipinski definition) is 1. The summed E-state index contributed by atoms with van der Waals surface area (Å²) >= 11 is 0. The summed E-state index contributed by atoms with van der Waals surface area (Å²) in [5.74, 6) is 0.457. The van der Waals surface area contributed by atoms with Crippen molar-refractivity contribution in [3.8, 4) is 5.88 Å². The summed E-state index contributed by atoms with van der Waals surface area (Å²) in [5, 5.41) is 8.61. The van der Waals surface area contributed by atoms with E-state index in [4.69, 9.17) is 5.11 Å². The average molecular weight is 109 g/mol. The Morgan fingerprint density at radius 1 is 1.75 bits per heavy atom. The van der Waals surface area contributed by atoms with Crippen molar-refractivity contribution in [3.05, 3.63) is 18.1 Å². The molecule has 3 heteroatoms. The fourth-order valence-electron chi connectivity index (χ4n) is 0.398. The normalized spacial score (nSPS) is 9.12. The highest BCUT2D eigenvalue weighted by atomic mass is 16.3. The Kier molecular flexibility index (Phi) is 1.12. The number of hydrogen-bond acceptors (Lipinski definition) is 3. The molecule has 0 spiro atoms. The first-order valence-electron chi connectivity index (χ1n) is 2.19. The molecule has 1 rings (SSSR count). The van der Waals surface area contributed by atoms with Gasteiger partial charge in [-0.2, -0.15) is 4.98 Å². The molecule has 0 saturated heterocycles. The van der Waals surface area contributed by atoms with E-state index in [1.54, 1.807) is 6.92 Å². The van der Waals surface area contributed by atoms with Gasteiger partial charge < -0.3 is 5.11 Å². The van der Waals surface area contributed by atoms with E-state index < -0.39 is 0 Å². The third-order valence-electron chi connectivity index (χ3n) is 0.713. The molecule has 0 amide bonds. The molecule has 0 aromatic carbocycles. The van der Waals surface area contributed by atoms with Crippen LogP contribution in [-0.2, 0) is 0 Å². The Balaban J connectivity index is 3.08. The molecule has 1 aromatic heterocycles. The van der Waals surface area contributed by atoms with Crippen LogP contribution in [0.1, 0.15) is 5.82 Å². The van der Waals surface area contributed by atoms with Crippen LogP contribution in [0.5, 0.6) is 5.88 Å². The molecule has 1 radical (unpaired) electrons. The van der Waals surface area contributed by atoms with Crippen LogP contribution < -0.4 is 0 Å². The minimum atomic E-state index is -0.0995. The molecule has 0 aliphatic carbocycles. The minimum Gasteiger partial charge on any atom is -0.493 e. The lowest BCUT2D eigenvalue weighted by Gasteiger charge is -1.87. The molecule has 3 nitrogen and oxygen atoms in total. The largest absolute Gasteiger partial charge is 0.493 e. The van der Waals surface area contributed by atoms with E-state index in [0.29, 0.717) is 5.82 Å². The van der Waals surface area contributed by atoms with Gasteiger partial charge in [-0.25, -0.2) is 4.98 Å². The van der Waals surface area contributed by atoms with Crippen molar-refractivity contribution in [2.75, 3.05) is 0 Å². The van der Waals surface area contributed by atoms with Crippen LogP contribution in [0.25, 0.3) is 0 Å². The second-order valence-corrected chi connectivity index (χ2v) is 1.39. The van der Waals surface area contributed by atoms with E-state index in [1.165, 1.54) is 6.20 Å². The highest BCUT2D eigenvalue weighted by Crippen LogP contribution is 1.97. The fraction of sp³-hybridized carbons (Fsp3) is 0.200. The zero-order valence-corrected chi connectivity index (χ0v) is 4.42. The molecule has 0 bridgehead atoms. The van der Waals surface area contributed by atoms with Crippen molar-refractivity contribution in [2.45, 2.75) is 6.92 Å². The van der Waals surface area contributed by atoms with Gasteiger partial charge in [0.25, 0.3) is 0 Å². The molecule has 8 heavy (non-hydrogen) atoms. The Hall–Kier alpha value is -1.12. The van der Waals surface area contributed by atoms with Crippen LogP contribution in [0.3, 0.4) is 0 Å². The van der Waals surface area contributed by atoms with Crippen LogP contribution in [0.15, 0.2) is 6.20 Å². The SMILES string of the molecule is Cc1nc[c]c(O)n1. The van der Waals surface area contributed by atoms with E-state index in [2.05, 4.69) is 16.0 Å². The average Bonchev–Trinajstić information content (AvgIpc) is 1.64. The molecule has 1 N–H and O–H groups in total. The topological polar surface area (TPSA) is 46.0 Å². The standard InChI is InChI=1S/C5H5N2O/c1-4-6-3-2-5(8)7-4/h3H,1H3,(H,6,7,8). The Morgan fingerprint density at radius 2 is 2.50 bits per heavy atom. The summed E-state index contributed by atoms with van der Waals surface area (Å²) < 4.78 is 0. The Morgan fingerprint density at radius 3 is 2.88 bits per heavy atom. The van der Waals surface area contributed by atoms with Crippen LogP contribution in [0.2, 0.25) is 0 Å². The molecular formula is C5H5N2O. The van der Waals surface area contributed by atoms with E-state index in [-0.39, 0.29) is 5.88 Å². The number of nitrogens with zero attached hydrogens (tertiary/aromatic N) is 2. The Bertz CT molecular complexity index is 170. The lowest BCUT2D eigenvalue weighted by Crippen LogP contribution is -1.83. The van der Waals surface area contributed by atoms with Crippen LogP contribution >= 0.6 is 0 Å². The van der Waals surface area contributed by atoms with Crippen molar-refractivity contribution in [2.24, 2.45) is 0 Å². The molecule has 0 aliphatic rings. The predicted molar refractivity (Wildman–Crippen MR) is 27.3 cm³/mol. The molecular weight excluding hydrogens is 104 g/mol. The van der Waals surface area contributed by atoms with Gasteiger partial charge in [0.05, 0.1) is 6.07 Å². The smallest absolute Gasteiger partial charge is 0.222 e. The quantitative estimate of drug-likeness (QED) is 0.520. The van der Waals surface area contributed by atoms with Gasteiger partial charge in [-0.3, -0.25) is 0 Å². The third-order valence-corrected chi connectivity index (χ3v) is 0.713. The molecule has 0 saturated carbocycles. The Labute approximate surface area is 47.0 Å². The second-order valence-electron chi connectivity index (χ2n) is 1.39. The molecule has 1 aromatic rings. The minimum absolute atomic E-state index is 0.0995. The molecule has 0 fully saturated rings. The zero-order chi connectivity index (χ0) is 5.98. The van der Waals surface area contributed by atoms with Crippen molar-refractivity contribution in [3.63, 3.8) is 0 Å². The van der Waals surface area contributed by atoms with Gasteiger partial charge >= 0.3 is 0 Å². The summed E-state index contributed by atoms with van der Waals surface area (Å²) in [6.07, 6.45) is 1.39. The van der Waals surface area contributed by atoms with Crippen molar-refractivity contribution < 1.29 is 5.11 Å². The molecule has 0 aliphatic heterocycles. The number of aryl methyl sites for hydroxylation is 1. The van der Waals surface area contributed by atoms with E-state index in [0.717, 1.165) is 0 Å². The van der Waals surface area contributed by atoms with Gasteiger partial charge in [-0.15, -0.1) is 0 Å². The maximum atomic E-state index is 8.61. The molecule has 41 valence electrons. The van der Waals surface area contributed by atoms with Crippen molar-refractivity contribution in [1.82, 2.24) is 9.97 Å². The highest BCUT2D eigenvalue weighted by molar-refractivity contribution is 5.02. The zero-order valence-electron chi connectivity index (χ0n) is 4.42. The van der Waals surface area contributed by atoms with Gasteiger partial charge in [0, 0.05) is 6.20 Å². The fourth-order valence-corrected chi connectivity index (χ4v) is 0.398. The van der Waals surface area contributed by atoms with Gasteiger partial charge in [0.1, 0.15) is 5.82 Å². The van der Waals surface area contributed by atoms with Crippen molar-refractivity contribution in [1.29, 1.82) is 0 Å². The molecule has 0 atom stereocenters. The maximum Gasteiger partial charge on any atom is 0.222 e. The number of aromatic nitrogens is 2. The predicted octanol–water partition coefficient (Wildman–Crippen LogP) is 0.291. The van der Waals surface area contributed by atoms with E-state index in [9.17, 15) is 0 Å².